The van der Waals surface area contributed by atoms with Crippen molar-refractivity contribution >= 4 is 15.7 Å². The number of nitrogen functional groups attached to an aromatic ring is 1. The van der Waals surface area contributed by atoms with E-state index in [9.17, 15) is 8.42 Å². The van der Waals surface area contributed by atoms with Gasteiger partial charge in [0.25, 0.3) is 0 Å². The van der Waals surface area contributed by atoms with E-state index in [0.717, 1.165) is 18.4 Å². The minimum atomic E-state index is -3.52. The summed E-state index contributed by atoms with van der Waals surface area (Å²) in [6, 6.07) is 3.70. The second kappa shape index (κ2) is 4.80. The van der Waals surface area contributed by atoms with Gasteiger partial charge in [-0.25, -0.2) is 8.42 Å². The largest absolute Gasteiger partial charge is 0.397 e. The Morgan fingerprint density at radius 2 is 1.79 bits per heavy atom. The fourth-order valence-corrected chi connectivity index (χ4v) is 4.20. The van der Waals surface area contributed by atoms with Crippen LogP contribution in [0.5, 0.6) is 0 Å². The molecule has 0 aromatic heterocycles. The zero-order valence-electron chi connectivity index (χ0n) is 12.0. The molecule has 1 fully saturated rings. The fraction of sp³-hybridized carbons (Fsp3) is 0.571. The van der Waals surface area contributed by atoms with Crippen LogP contribution in [0.15, 0.2) is 17.0 Å². The monoisotopic (exact) mass is 282 g/mol. The first-order valence-electron chi connectivity index (χ1n) is 6.60. The molecule has 0 radical (unpaired) electrons. The number of hydrogen-bond donors (Lipinski definition) is 1. The number of nitrogens with zero attached hydrogens (tertiary/aromatic N) is 1. The molecule has 2 N–H and O–H groups in total. The van der Waals surface area contributed by atoms with Gasteiger partial charge in [-0.3, -0.25) is 0 Å². The van der Waals surface area contributed by atoms with Gasteiger partial charge in [-0.15, -0.1) is 0 Å². The molecular weight excluding hydrogens is 260 g/mol. The Morgan fingerprint density at radius 3 is 2.32 bits per heavy atom. The topological polar surface area (TPSA) is 63.4 Å². The van der Waals surface area contributed by atoms with Crippen LogP contribution in [0, 0.1) is 19.8 Å². The van der Waals surface area contributed by atoms with Crippen LogP contribution in [0.4, 0.5) is 5.69 Å². The predicted molar refractivity (Wildman–Crippen MR) is 77.5 cm³/mol. The highest BCUT2D eigenvalue weighted by Gasteiger charge is 2.37. The van der Waals surface area contributed by atoms with E-state index in [1.54, 1.807) is 14.0 Å². The van der Waals surface area contributed by atoms with E-state index >= 15 is 0 Å². The van der Waals surface area contributed by atoms with Crippen molar-refractivity contribution in [1.82, 2.24) is 4.31 Å². The van der Waals surface area contributed by atoms with Crippen LogP contribution < -0.4 is 5.73 Å². The molecule has 0 aliphatic heterocycles. The van der Waals surface area contributed by atoms with Crippen molar-refractivity contribution < 1.29 is 8.42 Å². The lowest BCUT2D eigenvalue weighted by Crippen LogP contribution is -2.37. The summed E-state index contributed by atoms with van der Waals surface area (Å²) in [6.45, 7) is 5.59. The van der Waals surface area contributed by atoms with E-state index in [0.29, 0.717) is 17.2 Å². The first kappa shape index (κ1) is 14.3. The maximum atomic E-state index is 12.7. The molecule has 1 aliphatic carbocycles. The molecule has 0 amide bonds. The third-order valence-electron chi connectivity index (χ3n) is 4.13. The van der Waals surface area contributed by atoms with E-state index < -0.39 is 10.0 Å². The Kier molecular flexibility index (Phi) is 3.62. The molecule has 2 rings (SSSR count). The molecular formula is C14H22N2O2S. The average Bonchev–Trinajstić information content (AvgIpc) is 3.16. The molecule has 106 valence electrons. The molecule has 5 heteroatoms. The van der Waals surface area contributed by atoms with E-state index in [1.165, 1.54) is 4.31 Å². The molecule has 1 saturated carbocycles. The van der Waals surface area contributed by atoms with Crippen LogP contribution >= 0.6 is 0 Å². The Labute approximate surface area is 115 Å². The zero-order valence-corrected chi connectivity index (χ0v) is 12.8. The van der Waals surface area contributed by atoms with E-state index in [1.807, 2.05) is 26.0 Å². The average molecular weight is 282 g/mol. The third-order valence-corrected chi connectivity index (χ3v) is 6.27. The van der Waals surface area contributed by atoms with Gasteiger partial charge in [-0.2, -0.15) is 4.31 Å². The highest BCUT2D eigenvalue weighted by Crippen LogP contribution is 2.37. The Hall–Kier alpha value is -1.07. The van der Waals surface area contributed by atoms with Gasteiger partial charge in [0.15, 0.2) is 0 Å². The van der Waals surface area contributed by atoms with Gasteiger partial charge in [-0.05, 0) is 50.7 Å². The summed E-state index contributed by atoms with van der Waals surface area (Å²) in [6.07, 6.45) is 2.23. The summed E-state index contributed by atoms with van der Waals surface area (Å²) in [7, 11) is -1.87. The van der Waals surface area contributed by atoms with Crippen LogP contribution in [0.25, 0.3) is 0 Å². The Morgan fingerprint density at radius 1 is 1.26 bits per heavy atom. The molecule has 1 atom stereocenters. The molecule has 0 heterocycles. The first-order valence-corrected chi connectivity index (χ1v) is 8.04. The molecule has 0 saturated heterocycles. The van der Waals surface area contributed by atoms with Gasteiger partial charge in [0, 0.05) is 13.1 Å². The summed E-state index contributed by atoms with van der Waals surface area (Å²) < 4.78 is 27.0. The second-order valence-corrected chi connectivity index (χ2v) is 7.48. The molecule has 0 spiro atoms. The Balaban J connectivity index is 2.47. The molecule has 1 aromatic rings. The molecule has 1 aromatic carbocycles. The predicted octanol–water partition coefficient (Wildman–Crippen LogP) is 2.30. The molecule has 4 nitrogen and oxygen atoms in total. The lowest BCUT2D eigenvalue weighted by molar-refractivity contribution is 0.357. The van der Waals surface area contributed by atoms with Crippen molar-refractivity contribution in [1.29, 1.82) is 0 Å². The summed E-state index contributed by atoms with van der Waals surface area (Å²) >= 11 is 0. The van der Waals surface area contributed by atoms with Crippen LogP contribution in [-0.2, 0) is 10.0 Å². The maximum absolute atomic E-state index is 12.7. The van der Waals surface area contributed by atoms with E-state index in [4.69, 9.17) is 5.73 Å². The molecule has 0 bridgehead atoms. The first-order chi connectivity index (χ1) is 8.76. The quantitative estimate of drug-likeness (QED) is 0.862. The van der Waals surface area contributed by atoms with Gasteiger partial charge in [0.2, 0.25) is 10.0 Å². The van der Waals surface area contributed by atoms with Crippen molar-refractivity contribution in [2.45, 2.75) is 44.6 Å². The number of nitrogens with two attached hydrogens (primary N) is 1. The molecule has 1 unspecified atom stereocenters. The van der Waals surface area contributed by atoms with Crippen LogP contribution in [0.3, 0.4) is 0 Å². The summed E-state index contributed by atoms with van der Waals surface area (Å²) in [5.74, 6) is 0.492. The summed E-state index contributed by atoms with van der Waals surface area (Å²) in [5.41, 5.74) is 7.87. The number of sulfonamides is 1. The number of rotatable bonds is 4. The third kappa shape index (κ3) is 2.49. The lowest BCUT2D eigenvalue weighted by Gasteiger charge is -2.26. The lowest BCUT2D eigenvalue weighted by atomic mass is 10.1. The minimum absolute atomic E-state index is 0.0318. The van der Waals surface area contributed by atoms with Gasteiger partial charge in [-0.1, -0.05) is 12.1 Å². The van der Waals surface area contributed by atoms with Gasteiger partial charge in [0.1, 0.15) is 4.90 Å². The number of benzene rings is 1. The van der Waals surface area contributed by atoms with Gasteiger partial charge >= 0.3 is 0 Å². The van der Waals surface area contributed by atoms with E-state index in [2.05, 4.69) is 0 Å². The standard InChI is InChI=1S/C14H22N2O2S/c1-9-5-6-10(2)14(13(9)15)19(17,18)16(4)11(3)12-7-8-12/h5-6,11-12H,7-8,15H2,1-4H3. The number of anilines is 1. The SMILES string of the molecule is Cc1ccc(C)c(S(=O)(=O)N(C)C(C)C2CC2)c1N. The highest BCUT2D eigenvalue weighted by atomic mass is 32.2. The van der Waals surface area contributed by atoms with Crippen LogP contribution in [-0.4, -0.2) is 25.8 Å². The van der Waals surface area contributed by atoms with E-state index in [-0.39, 0.29) is 10.9 Å². The minimum Gasteiger partial charge on any atom is -0.397 e. The Bertz CT molecular complexity index is 592. The second-order valence-electron chi connectivity index (χ2n) is 5.54. The van der Waals surface area contributed by atoms with Crippen molar-refractivity contribution in [2.24, 2.45) is 5.92 Å². The van der Waals surface area contributed by atoms with Crippen LogP contribution in [0.2, 0.25) is 0 Å². The summed E-state index contributed by atoms with van der Waals surface area (Å²) in [5, 5.41) is 0. The van der Waals surface area contributed by atoms with Crippen molar-refractivity contribution in [3.05, 3.63) is 23.3 Å². The smallest absolute Gasteiger partial charge is 0.245 e. The van der Waals surface area contributed by atoms with Crippen molar-refractivity contribution in [3.8, 4) is 0 Å². The van der Waals surface area contributed by atoms with Crippen molar-refractivity contribution in [2.75, 3.05) is 12.8 Å². The normalized spacial score (nSPS) is 17.7. The number of hydrogen-bond acceptors (Lipinski definition) is 3. The van der Waals surface area contributed by atoms with Gasteiger partial charge < -0.3 is 5.73 Å². The molecule has 1 aliphatic rings. The van der Waals surface area contributed by atoms with Gasteiger partial charge in [0.05, 0.1) is 5.69 Å². The molecule has 19 heavy (non-hydrogen) atoms. The van der Waals surface area contributed by atoms with Crippen LogP contribution in [0.1, 0.15) is 30.9 Å². The fourth-order valence-electron chi connectivity index (χ4n) is 2.39. The number of aryl methyl sites for hydroxylation is 2. The van der Waals surface area contributed by atoms with Crippen molar-refractivity contribution in [3.63, 3.8) is 0 Å². The maximum Gasteiger partial charge on any atom is 0.245 e. The zero-order chi connectivity index (χ0) is 14.4. The highest BCUT2D eigenvalue weighted by molar-refractivity contribution is 7.89. The summed E-state index contributed by atoms with van der Waals surface area (Å²) in [4.78, 5) is 0.266.